The largest absolute Gasteiger partial charge is 0.337 e. The second kappa shape index (κ2) is 6.70. The van der Waals surface area contributed by atoms with Crippen LogP contribution in [0.25, 0.3) is 0 Å². The fourth-order valence-corrected chi connectivity index (χ4v) is 2.97. The van der Waals surface area contributed by atoms with E-state index in [1.165, 1.54) is 31.4 Å². The fourth-order valence-electron chi connectivity index (χ4n) is 2.97. The molecule has 0 amide bonds. The molecule has 3 heterocycles. The summed E-state index contributed by atoms with van der Waals surface area (Å²) in [6, 6.07) is 0. The van der Waals surface area contributed by atoms with Crippen molar-refractivity contribution in [2.24, 2.45) is 0 Å². The molecule has 1 N–H and O–H groups in total. The van der Waals surface area contributed by atoms with Crippen LogP contribution in [0.15, 0.2) is 31.2 Å². The number of unbranched alkanes of at least 4 members (excludes halogenated alkanes) is 1. The van der Waals surface area contributed by atoms with E-state index in [1.54, 1.807) is 0 Å². The molecular weight excluding hydrogens is 250 g/mol. The molecule has 0 aliphatic carbocycles. The van der Waals surface area contributed by atoms with Gasteiger partial charge in [-0.05, 0) is 38.8 Å². The Morgan fingerprint density at radius 3 is 2.75 bits per heavy atom. The summed E-state index contributed by atoms with van der Waals surface area (Å²) in [5.41, 5.74) is 1.43. The van der Waals surface area contributed by atoms with Crippen LogP contribution >= 0.6 is 0 Å². The highest BCUT2D eigenvalue weighted by atomic mass is 15.1. The molecule has 0 bridgehead atoms. The van der Waals surface area contributed by atoms with Crippen molar-refractivity contribution >= 4 is 0 Å². The zero-order valence-electron chi connectivity index (χ0n) is 11.9. The van der Waals surface area contributed by atoms with Crippen molar-refractivity contribution in [1.82, 2.24) is 24.4 Å². The molecule has 1 aliphatic heterocycles. The van der Waals surface area contributed by atoms with E-state index in [4.69, 9.17) is 0 Å². The Labute approximate surface area is 120 Å². The van der Waals surface area contributed by atoms with E-state index in [0.717, 1.165) is 26.2 Å². The van der Waals surface area contributed by atoms with Crippen molar-refractivity contribution in [2.75, 3.05) is 13.1 Å². The molecule has 3 rings (SSSR count). The average molecular weight is 273 g/mol. The van der Waals surface area contributed by atoms with Crippen LogP contribution in [0.5, 0.6) is 0 Å². The molecule has 1 fully saturated rings. The molecule has 1 aliphatic rings. The molecule has 0 saturated carbocycles. The van der Waals surface area contributed by atoms with E-state index < -0.39 is 0 Å². The normalized spacial score (nSPS) is 16.6. The van der Waals surface area contributed by atoms with E-state index in [1.807, 2.05) is 25.0 Å². The van der Waals surface area contributed by atoms with Gasteiger partial charge < -0.3 is 14.5 Å². The lowest BCUT2D eigenvalue weighted by atomic mass is 9.95. The molecule has 0 unspecified atom stereocenters. The summed E-state index contributed by atoms with van der Waals surface area (Å²) in [5, 5.41) is 3.43. The molecule has 0 spiro atoms. The van der Waals surface area contributed by atoms with E-state index in [0.29, 0.717) is 5.92 Å². The third kappa shape index (κ3) is 3.28. The van der Waals surface area contributed by atoms with Gasteiger partial charge in [0.25, 0.3) is 0 Å². The molecule has 2 aromatic heterocycles. The van der Waals surface area contributed by atoms with Crippen LogP contribution in [0.3, 0.4) is 0 Å². The highest BCUT2D eigenvalue weighted by molar-refractivity contribution is 5.07. The molecule has 108 valence electrons. The number of piperidine rings is 1. The van der Waals surface area contributed by atoms with Gasteiger partial charge in [-0.15, -0.1) is 0 Å². The standard InChI is InChI=1S/C15H23N5/c1(8-19-10-7-17-12-19)2-9-20-13-18-11-15(20)14-3-5-16-6-4-14/h7,10-14,16H,1-6,8-9H2. The van der Waals surface area contributed by atoms with Gasteiger partial charge in [-0.2, -0.15) is 0 Å². The Kier molecular flexibility index (Phi) is 4.48. The molecule has 5 heteroatoms. The van der Waals surface area contributed by atoms with Gasteiger partial charge in [0.05, 0.1) is 12.7 Å². The SMILES string of the molecule is c1cn(CCCCn2cncc2C2CCNCC2)cn1. The first-order valence-corrected chi connectivity index (χ1v) is 7.60. The number of hydrogen-bond acceptors (Lipinski definition) is 3. The van der Waals surface area contributed by atoms with E-state index in [-0.39, 0.29) is 0 Å². The quantitative estimate of drug-likeness (QED) is 0.819. The number of aromatic nitrogens is 4. The predicted molar refractivity (Wildman–Crippen MR) is 78.5 cm³/mol. The van der Waals surface area contributed by atoms with Crippen LogP contribution in [-0.2, 0) is 13.1 Å². The van der Waals surface area contributed by atoms with Crippen molar-refractivity contribution in [2.45, 2.75) is 44.7 Å². The lowest BCUT2D eigenvalue weighted by Gasteiger charge is -2.23. The number of aryl methyl sites for hydroxylation is 2. The third-order valence-corrected chi connectivity index (χ3v) is 4.13. The molecule has 0 radical (unpaired) electrons. The zero-order valence-corrected chi connectivity index (χ0v) is 11.9. The number of nitrogens with one attached hydrogen (secondary N) is 1. The van der Waals surface area contributed by atoms with Crippen molar-refractivity contribution < 1.29 is 0 Å². The van der Waals surface area contributed by atoms with Crippen LogP contribution in [-0.4, -0.2) is 32.2 Å². The highest BCUT2D eigenvalue weighted by Crippen LogP contribution is 2.25. The molecule has 0 aromatic carbocycles. The summed E-state index contributed by atoms with van der Waals surface area (Å²) in [4.78, 5) is 8.42. The van der Waals surface area contributed by atoms with Crippen LogP contribution < -0.4 is 5.32 Å². The average Bonchev–Trinajstić information content (AvgIpc) is 3.16. The summed E-state index contributed by atoms with van der Waals surface area (Å²) < 4.78 is 4.49. The molecule has 5 nitrogen and oxygen atoms in total. The maximum absolute atomic E-state index is 4.35. The highest BCUT2D eigenvalue weighted by Gasteiger charge is 2.18. The smallest absolute Gasteiger partial charge is 0.0948 e. The number of hydrogen-bond donors (Lipinski definition) is 1. The maximum Gasteiger partial charge on any atom is 0.0948 e. The minimum absolute atomic E-state index is 0.687. The van der Waals surface area contributed by atoms with Crippen LogP contribution in [0.1, 0.15) is 37.3 Å². The Bertz CT molecular complexity index is 496. The zero-order chi connectivity index (χ0) is 13.6. The molecule has 2 aromatic rings. The minimum atomic E-state index is 0.687. The Morgan fingerprint density at radius 1 is 1.10 bits per heavy atom. The number of nitrogens with zero attached hydrogens (tertiary/aromatic N) is 4. The first-order chi connectivity index (χ1) is 9.93. The first-order valence-electron chi connectivity index (χ1n) is 7.60. The van der Waals surface area contributed by atoms with Crippen molar-refractivity contribution in [1.29, 1.82) is 0 Å². The number of rotatable bonds is 6. The second-order valence-electron chi connectivity index (χ2n) is 5.54. The summed E-state index contributed by atoms with van der Waals surface area (Å²) in [6.45, 7) is 4.40. The van der Waals surface area contributed by atoms with E-state index >= 15 is 0 Å². The van der Waals surface area contributed by atoms with Gasteiger partial charge in [-0.3, -0.25) is 0 Å². The summed E-state index contributed by atoms with van der Waals surface area (Å²) in [5.74, 6) is 0.687. The van der Waals surface area contributed by atoms with Crippen LogP contribution in [0, 0.1) is 0 Å². The molecule has 0 atom stereocenters. The number of imidazole rings is 2. The van der Waals surface area contributed by atoms with Gasteiger partial charge in [-0.25, -0.2) is 9.97 Å². The monoisotopic (exact) mass is 273 g/mol. The summed E-state index contributed by atoms with van der Waals surface area (Å²) >= 11 is 0. The predicted octanol–water partition coefficient (Wildman–Crippen LogP) is 2.03. The van der Waals surface area contributed by atoms with Crippen molar-refractivity contribution in [3.05, 3.63) is 36.9 Å². The fraction of sp³-hybridized carbons (Fsp3) is 0.600. The molecule has 20 heavy (non-hydrogen) atoms. The first kappa shape index (κ1) is 13.4. The third-order valence-electron chi connectivity index (χ3n) is 4.13. The van der Waals surface area contributed by atoms with Gasteiger partial charge in [0.1, 0.15) is 0 Å². The lowest BCUT2D eigenvalue weighted by Crippen LogP contribution is -2.27. The second-order valence-corrected chi connectivity index (χ2v) is 5.54. The van der Waals surface area contributed by atoms with Gasteiger partial charge in [-0.1, -0.05) is 0 Å². The van der Waals surface area contributed by atoms with E-state index in [2.05, 4.69) is 30.6 Å². The van der Waals surface area contributed by atoms with Crippen molar-refractivity contribution in [3.63, 3.8) is 0 Å². The molecule has 1 saturated heterocycles. The van der Waals surface area contributed by atoms with Crippen molar-refractivity contribution in [3.8, 4) is 0 Å². The van der Waals surface area contributed by atoms with Gasteiger partial charge in [0, 0.05) is 43.3 Å². The topological polar surface area (TPSA) is 47.7 Å². The van der Waals surface area contributed by atoms with Gasteiger partial charge in [0.15, 0.2) is 0 Å². The van der Waals surface area contributed by atoms with Gasteiger partial charge >= 0.3 is 0 Å². The lowest BCUT2D eigenvalue weighted by molar-refractivity contribution is 0.433. The molecular formula is C15H23N5. The van der Waals surface area contributed by atoms with Crippen LogP contribution in [0.2, 0.25) is 0 Å². The maximum atomic E-state index is 4.35. The minimum Gasteiger partial charge on any atom is -0.337 e. The van der Waals surface area contributed by atoms with Crippen LogP contribution in [0.4, 0.5) is 0 Å². The summed E-state index contributed by atoms with van der Waals surface area (Å²) in [6.07, 6.45) is 14.6. The van der Waals surface area contributed by atoms with E-state index in [9.17, 15) is 0 Å². The Hall–Kier alpha value is -1.62. The Morgan fingerprint density at radius 2 is 1.95 bits per heavy atom. The summed E-state index contributed by atoms with van der Waals surface area (Å²) in [7, 11) is 0. The Balaban J connectivity index is 1.49. The van der Waals surface area contributed by atoms with Gasteiger partial charge in [0.2, 0.25) is 0 Å².